The molecule has 0 radical (unpaired) electrons. The van der Waals surface area contributed by atoms with Crippen LogP contribution in [0, 0.1) is 36.0 Å². The maximum Gasteiger partial charge on any atom is 0.193 e. The van der Waals surface area contributed by atoms with E-state index in [0.717, 1.165) is 6.29 Å². The van der Waals surface area contributed by atoms with Crippen LogP contribution in [-0.2, 0) is 13.6 Å². The van der Waals surface area contributed by atoms with Crippen molar-refractivity contribution in [3.05, 3.63) is 12.2 Å². The molecule has 0 aliphatic heterocycles. The molecule has 0 spiro atoms. The smallest absolute Gasteiger partial charge is 0.193 e. The second kappa shape index (κ2) is 9.79. The fourth-order valence-corrected chi connectivity index (χ4v) is 6.59. The average Bonchev–Trinajstić information content (AvgIpc) is 2.84. The highest BCUT2D eigenvalue weighted by atomic mass is 28.4. The van der Waals surface area contributed by atoms with E-state index in [0.29, 0.717) is 12.8 Å². The van der Waals surface area contributed by atoms with Gasteiger partial charge in [-0.25, -0.2) is 0 Å². The normalized spacial score (nSPS) is 27.6. The first-order chi connectivity index (χ1) is 13.9. The molecule has 0 bridgehead atoms. The summed E-state index contributed by atoms with van der Waals surface area (Å²) in [5.41, 5.74) is -0.861. The van der Waals surface area contributed by atoms with Crippen molar-refractivity contribution in [2.45, 2.75) is 109 Å². The predicted octanol–water partition coefficient (Wildman–Crippen LogP) is 6.58. The summed E-state index contributed by atoms with van der Waals surface area (Å²) in [4.78, 5) is 12.7. The van der Waals surface area contributed by atoms with Crippen LogP contribution in [0.3, 0.4) is 0 Å². The van der Waals surface area contributed by atoms with Crippen molar-refractivity contribution in [1.29, 1.82) is 0 Å². The Labute approximate surface area is 194 Å². The highest BCUT2D eigenvalue weighted by Gasteiger charge is 2.58. The molecule has 0 aromatic carbocycles. The molecule has 0 saturated heterocycles. The van der Waals surface area contributed by atoms with Gasteiger partial charge in [-0.15, -0.1) is 6.42 Å². The van der Waals surface area contributed by atoms with Crippen molar-refractivity contribution < 1.29 is 13.6 Å². The van der Waals surface area contributed by atoms with Crippen LogP contribution in [0.15, 0.2) is 12.2 Å². The molecule has 1 aliphatic rings. The second-order valence-corrected chi connectivity index (χ2v) is 21.5. The Bertz CT molecular complexity index is 766. The van der Waals surface area contributed by atoms with Gasteiger partial charge in [0.25, 0.3) is 0 Å². The zero-order valence-corrected chi connectivity index (χ0v) is 23.7. The minimum Gasteiger partial charge on any atom is -0.414 e. The molecule has 174 valence electrons. The van der Waals surface area contributed by atoms with Gasteiger partial charge in [-0.05, 0) is 54.3 Å². The number of terminal acetylenes is 1. The van der Waals surface area contributed by atoms with Gasteiger partial charge in [0.1, 0.15) is 5.60 Å². The summed E-state index contributed by atoms with van der Waals surface area (Å²) < 4.78 is 13.7. The molecule has 0 heterocycles. The Morgan fingerprint density at radius 1 is 1.03 bits per heavy atom. The van der Waals surface area contributed by atoms with Gasteiger partial charge in [-0.1, -0.05) is 66.2 Å². The fraction of sp³-hybridized carbons (Fsp3) is 0.731. The van der Waals surface area contributed by atoms with Gasteiger partial charge in [0, 0.05) is 18.8 Å². The van der Waals surface area contributed by atoms with Crippen LogP contribution < -0.4 is 0 Å². The van der Waals surface area contributed by atoms with Crippen LogP contribution in [0.1, 0.15) is 61.3 Å². The number of hydrogen-bond acceptors (Lipinski definition) is 3. The van der Waals surface area contributed by atoms with Gasteiger partial charge in [0.2, 0.25) is 0 Å². The van der Waals surface area contributed by atoms with E-state index >= 15 is 0 Å². The van der Waals surface area contributed by atoms with Gasteiger partial charge in [0.15, 0.2) is 22.9 Å². The van der Waals surface area contributed by atoms with Gasteiger partial charge >= 0.3 is 0 Å². The maximum atomic E-state index is 12.7. The molecule has 5 heteroatoms. The zero-order chi connectivity index (χ0) is 24.3. The molecular weight excluding hydrogens is 416 g/mol. The van der Waals surface area contributed by atoms with E-state index in [-0.39, 0.29) is 28.0 Å². The molecule has 0 aromatic rings. The molecule has 31 heavy (non-hydrogen) atoms. The first kappa shape index (κ1) is 27.9. The number of rotatable bonds is 6. The van der Waals surface area contributed by atoms with Crippen LogP contribution >= 0.6 is 0 Å². The second-order valence-electron chi connectivity index (χ2n) is 12.0. The molecule has 3 nitrogen and oxygen atoms in total. The van der Waals surface area contributed by atoms with Crippen LogP contribution in [0.25, 0.3) is 0 Å². The number of hydrogen-bond donors (Lipinski definition) is 0. The van der Waals surface area contributed by atoms with E-state index in [2.05, 4.69) is 92.4 Å². The summed E-state index contributed by atoms with van der Waals surface area (Å²) in [6.07, 6.45) is 10.8. The quantitative estimate of drug-likeness (QED) is 0.255. The third-order valence-corrected chi connectivity index (χ3v) is 16.8. The molecule has 1 rings (SSSR count). The lowest BCUT2D eigenvalue weighted by molar-refractivity contribution is -0.126. The Morgan fingerprint density at radius 3 is 2.03 bits per heavy atom. The van der Waals surface area contributed by atoms with Crippen molar-refractivity contribution >= 4 is 22.9 Å². The van der Waals surface area contributed by atoms with Crippen molar-refractivity contribution in [2.24, 2.45) is 11.8 Å². The van der Waals surface area contributed by atoms with Crippen LogP contribution in [-0.4, -0.2) is 34.6 Å². The van der Waals surface area contributed by atoms with E-state index in [9.17, 15) is 4.79 Å². The molecule has 0 amide bonds. The number of aldehydes is 1. The minimum absolute atomic E-state index is 0.0103. The molecule has 1 aliphatic carbocycles. The standard InChI is InChI=1S/C26H44O3Si2/c1-13-14-15-16-17-18-22-21(2)23(28-30(9,10)24(3,4)5)19-26(22,20-27)29-31(11,12)25(6,7)8/h1,14-15,20-23H,18-19H2,2-12H3/b15-14-/t21-,22-,23-,26-/m0/s1. The van der Waals surface area contributed by atoms with Gasteiger partial charge < -0.3 is 13.6 Å². The van der Waals surface area contributed by atoms with Crippen LogP contribution in [0.4, 0.5) is 0 Å². The fourth-order valence-electron chi connectivity index (χ4n) is 3.64. The number of carbonyl (C=O) groups excluding carboxylic acids is 1. The first-order valence-electron chi connectivity index (χ1n) is 11.4. The van der Waals surface area contributed by atoms with Gasteiger partial charge in [-0.2, -0.15) is 0 Å². The lowest BCUT2D eigenvalue weighted by Crippen LogP contribution is -2.53. The van der Waals surface area contributed by atoms with E-state index in [1.54, 1.807) is 12.2 Å². The Hall–Kier alpha value is -1.12. The molecule has 1 fully saturated rings. The van der Waals surface area contributed by atoms with E-state index < -0.39 is 22.2 Å². The first-order valence-corrected chi connectivity index (χ1v) is 17.2. The molecule has 1 saturated carbocycles. The van der Waals surface area contributed by atoms with Gasteiger partial charge in [0.05, 0.1) is 6.10 Å². The topological polar surface area (TPSA) is 35.5 Å². The molecule has 4 atom stereocenters. The van der Waals surface area contributed by atoms with Gasteiger partial charge in [-0.3, -0.25) is 0 Å². The summed E-state index contributed by atoms with van der Waals surface area (Å²) in [6.45, 7) is 24.5. The number of carbonyl (C=O) groups is 1. The van der Waals surface area contributed by atoms with Crippen LogP contribution in [0.5, 0.6) is 0 Å². The summed E-state index contributed by atoms with van der Waals surface area (Å²) in [7, 11) is -4.17. The maximum absolute atomic E-state index is 12.7. The van der Waals surface area contributed by atoms with E-state index in [1.807, 2.05) is 0 Å². The molecule has 0 unspecified atom stereocenters. The van der Waals surface area contributed by atoms with Crippen molar-refractivity contribution in [3.63, 3.8) is 0 Å². The van der Waals surface area contributed by atoms with E-state index in [1.165, 1.54) is 0 Å². The Balaban J connectivity index is 3.37. The summed E-state index contributed by atoms with van der Waals surface area (Å²) in [5, 5.41) is 0.116. The largest absolute Gasteiger partial charge is 0.414 e. The Morgan fingerprint density at radius 2 is 1.58 bits per heavy atom. The highest BCUT2D eigenvalue weighted by Crippen LogP contribution is 2.51. The van der Waals surface area contributed by atoms with Crippen molar-refractivity contribution in [3.8, 4) is 24.2 Å². The predicted molar refractivity (Wildman–Crippen MR) is 137 cm³/mol. The minimum atomic E-state index is -2.18. The molecule has 0 N–H and O–H groups in total. The molecule has 0 aromatic heterocycles. The third kappa shape index (κ3) is 6.45. The van der Waals surface area contributed by atoms with Crippen molar-refractivity contribution in [2.75, 3.05) is 0 Å². The summed E-state index contributed by atoms with van der Waals surface area (Å²) in [6, 6.07) is 0. The Kier molecular flexibility index (Phi) is 8.82. The lowest BCUT2D eigenvalue weighted by atomic mass is 9.85. The summed E-state index contributed by atoms with van der Waals surface area (Å²) in [5.74, 6) is 8.85. The SMILES string of the molecule is C#C/C=C\C#CC[C@H]1[C@H](C)[C@@H](O[Si](C)(C)C(C)(C)C)C[C@@]1(C=O)O[Si](C)(C)C(C)(C)C. The van der Waals surface area contributed by atoms with E-state index in [4.69, 9.17) is 15.3 Å². The lowest BCUT2D eigenvalue weighted by Gasteiger charge is -2.44. The van der Waals surface area contributed by atoms with Crippen molar-refractivity contribution in [1.82, 2.24) is 0 Å². The summed E-state index contributed by atoms with van der Waals surface area (Å²) >= 11 is 0. The molecular formula is C26H44O3Si2. The highest BCUT2D eigenvalue weighted by molar-refractivity contribution is 6.74. The average molecular weight is 461 g/mol. The monoisotopic (exact) mass is 460 g/mol. The zero-order valence-electron chi connectivity index (χ0n) is 21.7. The van der Waals surface area contributed by atoms with Crippen LogP contribution in [0.2, 0.25) is 36.3 Å². The number of allylic oxidation sites excluding steroid dienone is 2. The third-order valence-electron chi connectivity index (χ3n) is 7.76.